The first kappa shape index (κ1) is 18.2. The van der Waals surface area contributed by atoms with Gasteiger partial charge in [-0.1, -0.05) is 16.9 Å². The van der Waals surface area contributed by atoms with E-state index in [-0.39, 0.29) is 11.5 Å². The van der Waals surface area contributed by atoms with Gasteiger partial charge in [0.1, 0.15) is 11.6 Å². The van der Waals surface area contributed by atoms with Gasteiger partial charge in [-0.3, -0.25) is 4.98 Å². The molecule has 0 unspecified atom stereocenters. The molecular formula is C18H14F2N6OS. The Bertz CT molecular complexity index is 1100. The highest BCUT2D eigenvalue weighted by Gasteiger charge is 2.15. The number of benzene rings is 1. The van der Waals surface area contributed by atoms with Crippen LogP contribution in [0.4, 0.5) is 8.78 Å². The number of aromatic nitrogens is 6. The molecule has 0 bridgehead atoms. The van der Waals surface area contributed by atoms with Gasteiger partial charge < -0.3 is 9.09 Å². The number of hydrogen-bond donors (Lipinski definition) is 0. The van der Waals surface area contributed by atoms with Gasteiger partial charge >= 0.3 is 0 Å². The highest BCUT2D eigenvalue weighted by molar-refractivity contribution is 7.99. The van der Waals surface area contributed by atoms with E-state index in [2.05, 4.69) is 25.3 Å². The number of pyridine rings is 1. The molecule has 4 rings (SSSR count). The Morgan fingerprint density at radius 3 is 2.75 bits per heavy atom. The van der Waals surface area contributed by atoms with Crippen LogP contribution < -0.4 is 0 Å². The molecule has 0 amide bonds. The summed E-state index contributed by atoms with van der Waals surface area (Å²) < 4.78 is 34.1. The largest absolute Gasteiger partial charge is 0.334 e. The van der Waals surface area contributed by atoms with Gasteiger partial charge in [0.05, 0.1) is 5.56 Å². The predicted molar refractivity (Wildman–Crippen MR) is 98.3 cm³/mol. The summed E-state index contributed by atoms with van der Waals surface area (Å²) >= 11 is 1.49. The van der Waals surface area contributed by atoms with Crippen molar-refractivity contribution in [2.45, 2.75) is 11.6 Å². The van der Waals surface area contributed by atoms with Crippen LogP contribution in [0.3, 0.4) is 0 Å². The zero-order valence-electron chi connectivity index (χ0n) is 14.7. The van der Waals surface area contributed by atoms with Crippen LogP contribution in [0.15, 0.2) is 52.4 Å². The van der Waals surface area contributed by atoms with Crippen LogP contribution in [0.1, 0.15) is 5.82 Å². The van der Waals surface area contributed by atoms with Crippen molar-refractivity contribution in [1.82, 2.24) is 29.9 Å². The number of halogens is 2. The van der Waals surface area contributed by atoms with Gasteiger partial charge in [0.25, 0.3) is 5.89 Å². The molecule has 3 aromatic heterocycles. The Labute approximate surface area is 162 Å². The van der Waals surface area contributed by atoms with Crippen molar-refractivity contribution in [1.29, 1.82) is 0 Å². The molecule has 0 fully saturated rings. The minimum absolute atomic E-state index is 0.0457. The standard InChI is InChI=1S/C18H14F2N6OS/c1-26-16(11-4-7-21-8-5-11)23-24-18(26)28-9-6-15-22-17(27-25-15)13-10-12(19)2-3-14(13)20/h2-5,7-8,10H,6,9H2,1H3. The quantitative estimate of drug-likeness (QED) is 0.458. The molecule has 0 saturated carbocycles. The average molecular weight is 400 g/mol. The molecule has 0 atom stereocenters. The van der Waals surface area contributed by atoms with Crippen LogP contribution in [0.25, 0.3) is 22.8 Å². The van der Waals surface area contributed by atoms with Crippen LogP contribution in [-0.4, -0.2) is 35.6 Å². The molecular weight excluding hydrogens is 386 g/mol. The molecule has 10 heteroatoms. The Morgan fingerprint density at radius 1 is 1.11 bits per heavy atom. The lowest BCUT2D eigenvalue weighted by molar-refractivity contribution is 0.420. The van der Waals surface area contributed by atoms with Crippen molar-refractivity contribution in [3.8, 4) is 22.8 Å². The highest BCUT2D eigenvalue weighted by Crippen LogP contribution is 2.24. The summed E-state index contributed by atoms with van der Waals surface area (Å²) in [6, 6.07) is 6.82. The van der Waals surface area contributed by atoms with Crippen molar-refractivity contribution in [2.24, 2.45) is 7.05 Å². The fourth-order valence-corrected chi connectivity index (χ4v) is 3.40. The van der Waals surface area contributed by atoms with Gasteiger partial charge in [0.15, 0.2) is 16.8 Å². The lowest BCUT2D eigenvalue weighted by atomic mass is 10.2. The van der Waals surface area contributed by atoms with E-state index in [1.165, 1.54) is 11.8 Å². The molecule has 7 nitrogen and oxygen atoms in total. The first-order valence-corrected chi connectivity index (χ1v) is 9.31. The van der Waals surface area contributed by atoms with E-state index < -0.39 is 11.6 Å². The van der Waals surface area contributed by atoms with E-state index >= 15 is 0 Å². The second-order valence-corrected chi connectivity index (χ2v) is 6.90. The summed E-state index contributed by atoms with van der Waals surface area (Å²) in [7, 11) is 1.89. The smallest absolute Gasteiger partial charge is 0.261 e. The Balaban J connectivity index is 1.41. The summed E-state index contributed by atoms with van der Waals surface area (Å²) in [5.41, 5.74) is 0.874. The topological polar surface area (TPSA) is 82.5 Å². The number of rotatable bonds is 6. The molecule has 0 N–H and O–H groups in total. The van der Waals surface area contributed by atoms with E-state index in [1.807, 2.05) is 23.7 Å². The maximum absolute atomic E-state index is 13.8. The maximum atomic E-state index is 13.8. The van der Waals surface area contributed by atoms with E-state index in [4.69, 9.17) is 4.52 Å². The van der Waals surface area contributed by atoms with Gasteiger partial charge in [-0.25, -0.2) is 8.78 Å². The Hall–Kier alpha value is -3.14. The molecule has 142 valence electrons. The van der Waals surface area contributed by atoms with Crippen LogP contribution in [0, 0.1) is 11.6 Å². The Morgan fingerprint density at radius 2 is 1.93 bits per heavy atom. The lowest BCUT2D eigenvalue weighted by Gasteiger charge is -2.02. The fraction of sp³-hybridized carbons (Fsp3) is 0.167. The molecule has 0 radical (unpaired) electrons. The normalized spacial score (nSPS) is 11.1. The summed E-state index contributed by atoms with van der Waals surface area (Å²) in [6.45, 7) is 0. The van der Waals surface area contributed by atoms with E-state index in [0.29, 0.717) is 18.0 Å². The van der Waals surface area contributed by atoms with Gasteiger partial charge in [0.2, 0.25) is 0 Å². The van der Waals surface area contributed by atoms with Gasteiger partial charge in [-0.05, 0) is 30.3 Å². The molecule has 3 heterocycles. The molecule has 28 heavy (non-hydrogen) atoms. The summed E-state index contributed by atoms with van der Waals surface area (Å²) in [4.78, 5) is 8.14. The van der Waals surface area contributed by atoms with Gasteiger partial charge in [-0.2, -0.15) is 4.98 Å². The third-order valence-corrected chi connectivity index (χ3v) is 4.98. The zero-order valence-corrected chi connectivity index (χ0v) is 15.5. The minimum atomic E-state index is -0.617. The highest BCUT2D eigenvalue weighted by atomic mass is 32.2. The van der Waals surface area contributed by atoms with Gasteiger partial charge in [-0.15, -0.1) is 10.2 Å². The van der Waals surface area contributed by atoms with Crippen LogP contribution in [-0.2, 0) is 13.5 Å². The summed E-state index contributed by atoms with van der Waals surface area (Å²) in [6.07, 6.45) is 3.88. The molecule has 4 aromatic rings. The second kappa shape index (κ2) is 7.85. The third kappa shape index (κ3) is 3.77. The SMILES string of the molecule is Cn1c(SCCc2noc(-c3cc(F)ccc3F)n2)nnc1-c1ccncc1. The fourth-order valence-electron chi connectivity index (χ4n) is 2.55. The first-order valence-electron chi connectivity index (χ1n) is 8.32. The monoisotopic (exact) mass is 400 g/mol. The van der Waals surface area contributed by atoms with Crippen molar-refractivity contribution in [3.05, 3.63) is 60.2 Å². The number of aryl methyl sites for hydroxylation is 1. The lowest BCUT2D eigenvalue weighted by Crippen LogP contribution is -1.97. The van der Waals surface area contributed by atoms with Crippen molar-refractivity contribution >= 4 is 11.8 Å². The van der Waals surface area contributed by atoms with E-state index in [9.17, 15) is 8.78 Å². The minimum Gasteiger partial charge on any atom is -0.334 e. The summed E-state index contributed by atoms with van der Waals surface area (Å²) in [5.74, 6) is 0.534. The van der Waals surface area contributed by atoms with Crippen molar-refractivity contribution in [2.75, 3.05) is 5.75 Å². The number of hydrogen-bond acceptors (Lipinski definition) is 7. The third-order valence-electron chi connectivity index (χ3n) is 3.96. The van der Waals surface area contributed by atoms with Crippen molar-refractivity contribution < 1.29 is 13.3 Å². The van der Waals surface area contributed by atoms with E-state index in [0.717, 1.165) is 34.7 Å². The van der Waals surface area contributed by atoms with Crippen LogP contribution in [0.2, 0.25) is 0 Å². The summed E-state index contributed by atoms with van der Waals surface area (Å²) in [5, 5.41) is 13.0. The molecule has 0 spiro atoms. The second-order valence-electron chi connectivity index (χ2n) is 5.84. The molecule has 1 aromatic carbocycles. The Kier molecular flexibility index (Phi) is 5.11. The van der Waals surface area contributed by atoms with Crippen LogP contribution in [0.5, 0.6) is 0 Å². The number of nitrogens with zero attached hydrogens (tertiary/aromatic N) is 6. The van der Waals surface area contributed by atoms with E-state index in [1.54, 1.807) is 12.4 Å². The molecule has 0 aliphatic carbocycles. The van der Waals surface area contributed by atoms with Crippen molar-refractivity contribution in [3.63, 3.8) is 0 Å². The van der Waals surface area contributed by atoms with Gasteiger partial charge in [0, 0.05) is 37.2 Å². The number of thioether (sulfide) groups is 1. The average Bonchev–Trinajstić information content (AvgIpc) is 3.32. The van der Waals surface area contributed by atoms with Crippen LogP contribution >= 0.6 is 11.8 Å². The molecule has 0 aliphatic heterocycles. The molecule has 0 saturated heterocycles. The molecule has 0 aliphatic rings. The first-order chi connectivity index (χ1) is 13.6. The predicted octanol–water partition coefficient (Wildman–Crippen LogP) is 3.54. The maximum Gasteiger partial charge on any atom is 0.261 e. The zero-order chi connectivity index (χ0) is 19.5.